The molecule has 0 radical (unpaired) electrons. The topological polar surface area (TPSA) is 89.6 Å². The highest BCUT2D eigenvalue weighted by Gasteiger charge is 2.13. The predicted octanol–water partition coefficient (Wildman–Crippen LogP) is 1.04. The fourth-order valence-electron chi connectivity index (χ4n) is 0.939. The molecule has 5 nitrogen and oxygen atoms in total. The first kappa shape index (κ1) is 9.82. The third-order valence-corrected chi connectivity index (χ3v) is 2.48. The molecular weight excluding hydrogens is 192 g/mol. The molecule has 0 saturated heterocycles. The van der Waals surface area contributed by atoms with Crippen LogP contribution in [0.1, 0.15) is 5.56 Å². The largest absolute Gasteiger partial charge is 0.240 e. The quantitative estimate of drug-likeness (QED) is 0.723. The Morgan fingerprint density at radius 3 is 2.46 bits per heavy atom. The third-order valence-electron chi connectivity index (χ3n) is 1.52. The molecule has 2 N–H and O–H groups in total. The molecule has 0 unspecified atom stereocenters. The Bertz CT molecular complexity index is 439. The number of nitrogens with two attached hydrogens (primary N) is 1. The van der Waals surface area contributed by atoms with Crippen molar-refractivity contribution >= 4 is 15.7 Å². The van der Waals surface area contributed by atoms with Crippen molar-refractivity contribution in [3.63, 3.8) is 0 Å². The lowest BCUT2D eigenvalue weighted by atomic mass is 10.2. The number of hydrogen-bond acceptors (Lipinski definition) is 4. The molecule has 0 aliphatic carbocycles. The lowest BCUT2D eigenvalue weighted by Crippen LogP contribution is -2.12. The Hall–Kier alpha value is -1.27. The van der Waals surface area contributed by atoms with Crippen LogP contribution in [0.15, 0.2) is 28.3 Å². The van der Waals surface area contributed by atoms with Crippen LogP contribution in [-0.4, -0.2) is 8.42 Å². The fourth-order valence-corrected chi connectivity index (χ4v) is 1.58. The van der Waals surface area contributed by atoms with Gasteiger partial charge in [-0.3, -0.25) is 0 Å². The van der Waals surface area contributed by atoms with Gasteiger partial charge >= 0.3 is 0 Å². The highest BCUT2D eigenvalue weighted by atomic mass is 32.2. The zero-order valence-electron chi connectivity index (χ0n) is 6.89. The molecule has 0 amide bonds. The molecule has 1 aromatic carbocycles. The first-order valence-corrected chi connectivity index (χ1v) is 4.96. The zero-order chi connectivity index (χ0) is 10.1. The van der Waals surface area contributed by atoms with Gasteiger partial charge in [-0.25, -0.2) is 13.6 Å². The van der Waals surface area contributed by atoms with Gasteiger partial charge in [-0.05, 0) is 29.8 Å². The minimum atomic E-state index is -3.86. The van der Waals surface area contributed by atoms with Crippen LogP contribution in [-0.2, 0) is 10.0 Å². The molecule has 6 heteroatoms. The average molecular weight is 200 g/mol. The van der Waals surface area contributed by atoms with Crippen molar-refractivity contribution in [2.75, 3.05) is 0 Å². The van der Waals surface area contributed by atoms with E-state index in [1.807, 2.05) is 0 Å². The van der Waals surface area contributed by atoms with Crippen molar-refractivity contribution in [1.82, 2.24) is 0 Å². The van der Waals surface area contributed by atoms with E-state index in [9.17, 15) is 13.3 Å². The van der Waals surface area contributed by atoms with Gasteiger partial charge in [-0.15, -0.1) is 4.91 Å². The normalized spacial score (nSPS) is 11.2. The van der Waals surface area contributed by atoms with E-state index in [1.54, 1.807) is 13.0 Å². The van der Waals surface area contributed by atoms with E-state index in [-0.39, 0.29) is 10.6 Å². The van der Waals surface area contributed by atoms with Gasteiger partial charge in [-0.2, -0.15) is 0 Å². The van der Waals surface area contributed by atoms with Gasteiger partial charge < -0.3 is 0 Å². The van der Waals surface area contributed by atoms with Crippen LogP contribution in [0.25, 0.3) is 0 Å². The lowest BCUT2D eigenvalue weighted by Gasteiger charge is -2.00. The summed E-state index contributed by atoms with van der Waals surface area (Å²) in [6.07, 6.45) is 0. The predicted molar refractivity (Wildman–Crippen MR) is 48.0 cm³/mol. The molecule has 0 aliphatic heterocycles. The second kappa shape index (κ2) is 3.23. The highest BCUT2D eigenvalue weighted by molar-refractivity contribution is 7.89. The molecule has 0 spiro atoms. The van der Waals surface area contributed by atoms with Gasteiger partial charge in [0.05, 0.1) is 0 Å². The van der Waals surface area contributed by atoms with Crippen molar-refractivity contribution in [1.29, 1.82) is 0 Å². The summed E-state index contributed by atoms with van der Waals surface area (Å²) < 4.78 is 21.8. The number of rotatable bonds is 2. The maximum absolute atomic E-state index is 10.9. The monoisotopic (exact) mass is 200 g/mol. The summed E-state index contributed by atoms with van der Waals surface area (Å²) >= 11 is 0. The van der Waals surface area contributed by atoms with Gasteiger partial charge in [0.2, 0.25) is 10.0 Å². The zero-order valence-corrected chi connectivity index (χ0v) is 7.71. The van der Waals surface area contributed by atoms with Crippen LogP contribution in [0.3, 0.4) is 0 Å². The summed E-state index contributed by atoms with van der Waals surface area (Å²) in [5.74, 6) is 0. The highest BCUT2D eigenvalue weighted by Crippen LogP contribution is 2.23. The summed E-state index contributed by atoms with van der Waals surface area (Å²) in [7, 11) is -3.86. The number of nitroso groups, excluding NO2 is 1. The van der Waals surface area contributed by atoms with Crippen molar-refractivity contribution < 1.29 is 8.42 Å². The number of aryl methyl sites for hydroxylation is 1. The summed E-state index contributed by atoms with van der Waals surface area (Å²) in [6.45, 7) is 1.72. The molecule has 13 heavy (non-hydrogen) atoms. The molecule has 0 atom stereocenters. The number of nitrogens with zero attached hydrogens (tertiary/aromatic N) is 1. The molecule has 0 bridgehead atoms. The standard InChI is InChI=1S/C7H8N2O3S/c1-5-2-3-7(13(8,11)12)6(4-5)9-10/h2-4H,1H3,(H2,8,11,12). The number of benzene rings is 1. The SMILES string of the molecule is Cc1ccc(S(N)(=O)=O)c(N=O)c1. The van der Waals surface area contributed by atoms with E-state index in [4.69, 9.17) is 5.14 Å². The first-order valence-electron chi connectivity index (χ1n) is 3.42. The van der Waals surface area contributed by atoms with E-state index < -0.39 is 10.0 Å². The second-order valence-corrected chi connectivity index (χ2v) is 4.14. The van der Waals surface area contributed by atoms with Crippen LogP contribution in [0.2, 0.25) is 0 Å². The van der Waals surface area contributed by atoms with Crippen molar-refractivity contribution in [3.8, 4) is 0 Å². The van der Waals surface area contributed by atoms with Crippen LogP contribution in [0.4, 0.5) is 5.69 Å². The lowest BCUT2D eigenvalue weighted by molar-refractivity contribution is 0.598. The Balaban J connectivity index is 3.47. The van der Waals surface area contributed by atoms with Crippen LogP contribution >= 0.6 is 0 Å². The van der Waals surface area contributed by atoms with Crippen LogP contribution < -0.4 is 5.14 Å². The molecule has 0 heterocycles. The molecule has 0 aromatic heterocycles. The smallest absolute Gasteiger partial charge is 0.225 e. The first-order chi connectivity index (χ1) is 5.95. The summed E-state index contributed by atoms with van der Waals surface area (Å²) in [4.78, 5) is 10.0. The molecule has 1 aromatic rings. The number of sulfonamides is 1. The molecule has 70 valence electrons. The summed E-state index contributed by atoms with van der Waals surface area (Å²) in [5.41, 5.74) is 0.601. The minimum Gasteiger partial charge on any atom is -0.225 e. The Labute approximate surface area is 75.6 Å². The summed E-state index contributed by atoms with van der Waals surface area (Å²) in [5, 5.41) is 7.45. The van der Waals surface area contributed by atoms with Gasteiger partial charge in [0.25, 0.3) is 0 Å². The van der Waals surface area contributed by atoms with Crippen LogP contribution in [0, 0.1) is 11.8 Å². The van der Waals surface area contributed by atoms with Gasteiger partial charge in [0, 0.05) is 0 Å². The minimum absolute atomic E-state index is 0.150. The Morgan fingerprint density at radius 2 is 2.00 bits per heavy atom. The second-order valence-electron chi connectivity index (χ2n) is 2.61. The van der Waals surface area contributed by atoms with E-state index in [2.05, 4.69) is 5.18 Å². The van der Waals surface area contributed by atoms with Crippen LogP contribution in [0.5, 0.6) is 0 Å². The molecule has 0 aliphatic rings. The van der Waals surface area contributed by atoms with Gasteiger partial charge in [0.15, 0.2) is 0 Å². The van der Waals surface area contributed by atoms with Crippen molar-refractivity contribution in [2.24, 2.45) is 10.3 Å². The number of hydrogen-bond donors (Lipinski definition) is 1. The molecule has 1 rings (SSSR count). The number of primary sulfonamides is 1. The maximum atomic E-state index is 10.9. The van der Waals surface area contributed by atoms with E-state index in [0.29, 0.717) is 0 Å². The molecular formula is C7H8N2O3S. The Kier molecular flexibility index (Phi) is 2.44. The van der Waals surface area contributed by atoms with Crippen molar-refractivity contribution in [3.05, 3.63) is 28.7 Å². The van der Waals surface area contributed by atoms with Crippen molar-refractivity contribution in [2.45, 2.75) is 11.8 Å². The summed E-state index contributed by atoms with van der Waals surface area (Å²) in [6, 6.07) is 4.18. The van der Waals surface area contributed by atoms with Gasteiger partial charge in [-0.1, -0.05) is 6.07 Å². The fraction of sp³-hybridized carbons (Fsp3) is 0.143. The third kappa shape index (κ3) is 2.10. The van der Waals surface area contributed by atoms with Gasteiger partial charge in [0.1, 0.15) is 10.6 Å². The molecule has 0 saturated carbocycles. The average Bonchev–Trinajstić information content (AvgIpc) is 2.01. The molecule has 0 fully saturated rings. The Morgan fingerprint density at radius 1 is 1.38 bits per heavy atom. The van der Waals surface area contributed by atoms with E-state index in [0.717, 1.165) is 5.56 Å². The van der Waals surface area contributed by atoms with E-state index >= 15 is 0 Å². The maximum Gasteiger partial charge on any atom is 0.240 e. The van der Waals surface area contributed by atoms with E-state index in [1.165, 1.54) is 12.1 Å².